The molecule has 0 amide bonds. The fourth-order valence-electron chi connectivity index (χ4n) is 1.79. The number of nitrogens with one attached hydrogen (secondary N) is 2. The third-order valence-corrected chi connectivity index (χ3v) is 4.65. The van der Waals surface area contributed by atoms with E-state index in [0.717, 1.165) is 0 Å². The highest BCUT2D eigenvalue weighted by atomic mass is 32.2. The molecule has 0 aliphatic rings. The summed E-state index contributed by atoms with van der Waals surface area (Å²) in [6, 6.07) is 0. The molecule has 0 fully saturated rings. The predicted octanol–water partition coefficient (Wildman–Crippen LogP) is -0.393. The van der Waals surface area contributed by atoms with Crippen LogP contribution in [-0.2, 0) is 16.6 Å². The minimum Gasteiger partial charge on any atom is -0.395 e. The molecule has 0 saturated heterocycles. The van der Waals surface area contributed by atoms with E-state index >= 15 is 0 Å². The quantitative estimate of drug-likeness (QED) is 0.566. The highest BCUT2D eigenvalue weighted by molar-refractivity contribution is 7.89. The minimum absolute atomic E-state index is 0.0258. The van der Waals surface area contributed by atoms with Crippen molar-refractivity contribution in [3.63, 3.8) is 0 Å². The number of rotatable bonds is 8. The van der Waals surface area contributed by atoms with Crippen molar-refractivity contribution in [2.45, 2.75) is 18.4 Å². The highest BCUT2D eigenvalue weighted by Gasteiger charge is 2.29. The lowest BCUT2D eigenvalue weighted by Gasteiger charge is -2.20. The van der Waals surface area contributed by atoms with E-state index in [1.165, 1.54) is 10.4 Å². The molecule has 0 bridgehead atoms. The molecule has 1 rings (SSSR count). The lowest BCUT2D eigenvalue weighted by Crippen LogP contribution is -2.34. The Labute approximate surface area is 113 Å². The molecule has 0 atom stereocenters. The predicted molar refractivity (Wildman–Crippen MR) is 72.1 cm³/mol. The van der Waals surface area contributed by atoms with E-state index in [0.29, 0.717) is 17.9 Å². The third-order valence-electron chi connectivity index (χ3n) is 2.59. The first kappa shape index (κ1) is 15.8. The van der Waals surface area contributed by atoms with Gasteiger partial charge in [0.1, 0.15) is 4.90 Å². The van der Waals surface area contributed by atoms with Gasteiger partial charge in [-0.3, -0.25) is 5.10 Å². The summed E-state index contributed by atoms with van der Waals surface area (Å²) >= 11 is 0. The SMILES string of the molecule is C=CCN(CCO)S(=O)(=O)c1c(CNC)n[nH]c1C. The monoisotopic (exact) mass is 288 g/mol. The zero-order valence-corrected chi connectivity index (χ0v) is 12.0. The van der Waals surface area contributed by atoms with E-state index in [2.05, 4.69) is 22.1 Å². The largest absolute Gasteiger partial charge is 0.395 e. The van der Waals surface area contributed by atoms with Gasteiger partial charge in [-0.15, -0.1) is 6.58 Å². The summed E-state index contributed by atoms with van der Waals surface area (Å²) in [6.07, 6.45) is 1.49. The highest BCUT2D eigenvalue weighted by Crippen LogP contribution is 2.22. The maximum absolute atomic E-state index is 12.6. The second-order valence-corrected chi connectivity index (χ2v) is 5.90. The van der Waals surface area contributed by atoms with Gasteiger partial charge >= 0.3 is 0 Å². The van der Waals surface area contributed by atoms with E-state index in [1.54, 1.807) is 14.0 Å². The van der Waals surface area contributed by atoms with Crippen molar-refractivity contribution in [1.82, 2.24) is 19.8 Å². The van der Waals surface area contributed by atoms with Crippen molar-refractivity contribution in [3.8, 4) is 0 Å². The van der Waals surface area contributed by atoms with Gasteiger partial charge in [-0.2, -0.15) is 9.40 Å². The summed E-state index contributed by atoms with van der Waals surface area (Å²) < 4.78 is 26.3. The molecule has 3 N–H and O–H groups in total. The van der Waals surface area contributed by atoms with Crippen molar-refractivity contribution in [2.75, 3.05) is 26.7 Å². The van der Waals surface area contributed by atoms with Crippen LogP contribution in [0.5, 0.6) is 0 Å². The molecule has 1 aromatic heterocycles. The second kappa shape index (κ2) is 6.80. The van der Waals surface area contributed by atoms with Gasteiger partial charge in [0.2, 0.25) is 10.0 Å². The Bertz CT molecular complexity index is 524. The van der Waals surface area contributed by atoms with Gasteiger partial charge in [-0.25, -0.2) is 8.42 Å². The topological polar surface area (TPSA) is 98.3 Å². The first-order valence-corrected chi connectivity index (χ1v) is 7.33. The van der Waals surface area contributed by atoms with Crippen LogP contribution < -0.4 is 5.32 Å². The maximum Gasteiger partial charge on any atom is 0.247 e. The zero-order valence-electron chi connectivity index (χ0n) is 11.2. The van der Waals surface area contributed by atoms with E-state index in [1.807, 2.05) is 0 Å². The number of aryl methyl sites for hydroxylation is 1. The van der Waals surface area contributed by atoms with Crippen molar-refractivity contribution in [3.05, 3.63) is 24.0 Å². The summed E-state index contributed by atoms with van der Waals surface area (Å²) in [6.45, 7) is 5.47. The summed E-state index contributed by atoms with van der Waals surface area (Å²) in [4.78, 5) is 0.164. The van der Waals surface area contributed by atoms with Crippen LogP contribution in [0.2, 0.25) is 0 Å². The lowest BCUT2D eigenvalue weighted by molar-refractivity contribution is 0.260. The van der Waals surface area contributed by atoms with Crippen LogP contribution in [0.4, 0.5) is 0 Å². The van der Waals surface area contributed by atoms with Crippen molar-refractivity contribution >= 4 is 10.0 Å². The van der Waals surface area contributed by atoms with E-state index < -0.39 is 10.0 Å². The minimum atomic E-state index is -3.70. The molecule has 0 spiro atoms. The molecular formula is C11H20N4O3S. The number of hydrogen-bond acceptors (Lipinski definition) is 5. The van der Waals surface area contributed by atoms with Crippen LogP contribution in [0.3, 0.4) is 0 Å². The standard InChI is InChI=1S/C11H20N4O3S/c1-4-5-15(6-7-16)19(17,18)11-9(2)13-14-10(11)8-12-3/h4,12,16H,1,5-8H2,2-3H3,(H,13,14). The summed E-state index contributed by atoms with van der Waals surface area (Å²) in [5, 5.41) is 18.5. The number of nitrogens with zero attached hydrogens (tertiary/aromatic N) is 2. The molecule has 7 nitrogen and oxygen atoms in total. The maximum atomic E-state index is 12.6. The molecule has 0 aliphatic carbocycles. The van der Waals surface area contributed by atoms with Crippen LogP contribution in [0.15, 0.2) is 17.6 Å². The number of aliphatic hydroxyl groups is 1. The number of aromatic amines is 1. The fourth-order valence-corrected chi connectivity index (χ4v) is 3.52. The van der Waals surface area contributed by atoms with Gasteiger partial charge in [0.05, 0.1) is 18.0 Å². The van der Waals surface area contributed by atoms with Gasteiger partial charge in [-0.1, -0.05) is 6.08 Å². The second-order valence-electron chi connectivity index (χ2n) is 4.03. The number of H-pyrrole nitrogens is 1. The average Bonchev–Trinajstić information content (AvgIpc) is 2.71. The Morgan fingerprint density at radius 3 is 2.79 bits per heavy atom. The molecule has 0 aromatic carbocycles. The van der Waals surface area contributed by atoms with Crippen LogP contribution >= 0.6 is 0 Å². The fraction of sp³-hybridized carbons (Fsp3) is 0.545. The van der Waals surface area contributed by atoms with Gasteiger partial charge in [-0.05, 0) is 14.0 Å². The summed E-state index contributed by atoms with van der Waals surface area (Å²) in [7, 11) is -1.98. The van der Waals surface area contributed by atoms with E-state index in [9.17, 15) is 8.42 Å². The van der Waals surface area contributed by atoms with Crippen LogP contribution in [0, 0.1) is 6.92 Å². The molecule has 0 unspecified atom stereocenters. The van der Waals surface area contributed by atoms with Gasteiger partial charge in [0.25, 0.3) is 0 Å². The molecule has 1 aromatic rings. The molecule has 0 saturated carbocycles. The number of aromatic nitrogens is 2. The number of hydrogen-bond donors (Lipinski definition) is 3. The Morgan fingerprint density at radius 1 is 1.58 bits per heavy atom. The van der Waals surface area contributed by atoms with Crippen molar-refractivity contribution < 1.29 is 13.5 Å². The molecule has 1 heterocycles. The zero-order chi connectivity index (χ0) is 14.5. The normalized spacial score (nSPS) is 12.0. The van der Waals surface area contributed by atoms with Crippen LogP contribution in [0.25, 0.3) is 0 Å². The van der Waals surface area contributed by atoms with Crippen molar-refractivity contribution in [2.24, 2.45) is 0 Å². The molecule has 108 valence electrons. The first-order valence-electron chi connectivity index (χ1n) is 5.89. The molecule has 19 heavy (non-hydrogen) atoms. The Morgan fingerprint density at radius 2 is 2.26 bits per heavy atom. The molecule has 0 radical (unpaired) electrons. The van der Waals surface area contributed by atoms with Crippen LogP contribution in [0.1, 0.15) is 11.4 Å². The van der Waals surface area contributed by atoms with E-state index in [-0.39, 0.29) is 24.6 Å². The summed E-state index contributed by atoms with van der Waals surface area (Å²) in [5.74, 6) is 0. The Hall–Kier alpha value is -1.22. The smallest absolute Gasteiger partial charge is 0.247 e. The van der Waals surface area contributed by atoms with E-state index in [4.69, 9.17) is 5.11 Å². The lowest BCUT2D eigenvalue weighted by atomic mass is 10.4. The Balaban J connectivity index is 3.23. The van der Waals surface area contributed by atoms with Crippen LogP contribution in [-0.4, -0.2) is 54.8 Å². The molecule has 8 heteroatoms. The Kier molecular flexibility index (Phi) is 5.67. The van der Waals surface area contributed by atoms with Crippen molar-refractivity contribution in [1.29, 1.82) is 0 Å². The summed E-state index contributed by atoms with van der Waals surface area (Å²) in [5.41, 5.74) is 0.921. The first-order chi connectivity index (χ1) is 8.98. The number of aliphatic hydroxyl groups excluding tert-OH is 1. The van der Waals surface area contributed by atoms with Gasteiger partial charge in [0, 0.05) is 19.6 Å². The number of sulfonamides is 1. The average molecular weight is 288 g/mol. The van der Waals surface area contributed by atoms with Gasteiger partial charge < -0.3 is 10.4 Å². The third kappa shape index (κ3) is 3.41. The molecular weight excluding hydrogens is 268 g/mol. The molecule has 0 aliphatic heterocycles. The van der Waals surface area contributed by atoms with Gasteiger partial charge in [0.15, 0.2) is 0 Å².